The van der Waals surface area contributed by atoms with Crippen LogP contribution in [0.5, 0.6) is 0 Å². The van der Waals surface area contributed by atoms with E-state index in [-0.39, 0.29) is 11.4 Å². The third-order valence-corrected chi connectivity index (χ3v) is 8.48. The van der Waals surface area contributed by atoms with Crippen molar-refractivity contribution < 1.29 is 13.2 Å². The molecule has 0 aromatic rings. The molecule has 0 aromatic heterocycles. The van der Waals surface area contributed by atoms with E-state index in [0.29, 0.717) is 24.9 Å². The van der Waals surface area contributed by atoms with Crippen LogP contribution < -0.4 is 0 Å². The highest BCUT2D eigenvalue weighted by Crippen LogP contribution is 2.39. The van der Waals surface area contributed by atoms with Gasteiger partial charge in [-0.2, -0.15) is 0 Å². The molecule has 4 rings (SSSR count). The quantitative estimate of drug-likeness (QED) is 0.723. The summed E-state index contributed by atoms with van der Waals surface area (Å²) in [7, 11) is -0.866. The Balaban J connectivity index is 1.38. The molecule has 0 spiro atoms. The summed E-state index contributed by atoms with van der Waals surface area (Å²) in [5.74, 6) is 0.940. The average molecular weight is 343 g/mol. The molecule has 0 bridgehead atoms. The maximum atomic E-state index is 12.5. The Bertz CT molecular complexity index is 529. The summed E-state index contributed by atoms with van der Waals surface area (Å²) in [4.78, 5) is 4.85. The first-order valence-electron chi connectivity index (χ1n) is 9.05. The lowest BCUT2D eigenvalue weighted by molar-refractivity contribution is 0.0360. The second kappa shape index (κ2) is 6.26. The fraction of sp³-hybridized carbons (Fsp3) is 1.00. The number of rotatable bonds is 4. The van der Waals surface area contributed by atoms with Crippen molar-refractivity contribution in [3.63, 3.8) is 0 Å². The van der Waals surface area contributed by atoms with E-state index in [1.165, 1.54) is 0 Å². The van der Waals surface area contributed by atoms with Crippen LogP contribution in [-0.2, 0) is 14.8 Å². The van der Waals surface area contributed by atoms with Crippen molar-refractivity contribution in [2.75, 3.05) is 59.5 Å². The highest BCUT2D eigenvalue weighted by atomic mass is 32.2. The van der Waals surface area contributed by atoms with Crippen LogP contribution in [0.15, 0.2) is 0 Å². The number of hydrogen-bond acceptors (Lipinski definition) is 5. The van der Waals surface area contributed by atoms with Gasteiger partial charge in [-0.05, 0) is 32.2 Å². The first kappa shape index (κ1) is 16.3. The molecule has 1 saturated carbocycles. The Morgan fingerprint density at radius 1 is 1.04 bits per heavy atom. The highest BCUT2D eigenvalue weighted by molar-refractivity contribution is 7.90. The number of piperazine rings is 1. The number of nitrogens with zero attached hydrogens (tertiary/aromatic N) is 3. The number of hydrogen-bond donors (Lipinski definition) is 0. The molecule has 3 saturated heterocycles. The molecule has 0 N–H and O–H groups in total. The van der Waals surface area contributed by atoms with E-state index in [1.807, 2.05) is 0 Å². The summed E-state index contributed by atoms with van der Waals surface area (Å²) in [5.41, 5.74) is 0. The SMILES string of the molecule is CN1CCN(C[C@H]2OC[C@@H]3CCN(S(=O)(=O)C4CC4)C[C@@H]32)CC1. The number of sulfonamides is 1. The third-order valence-electron chi connectivity index (χ3n) is 6.11. The zero-order valence-electron chi connectivity index (χ0n) is 14.1. The van der Waals surface area contributed by atoms with Crippen molar-refractivity contribution in [2.24, 2.45) is 11.8 Å². The normalized spacial score (nSPS) is 37.9. The minimum Gasteiger partial charge on any atom is -0.376 e. The summed E-state index contributed by atoms with van der Waals surface area (Å²) < 4.78 is 32.9. The van der Waals surface area contributed by atoms with Gasteiger partial charge in [-0.3, -0.25) is 4.90 Å². The van der Waals surface area contributed by atoms with Crippen molar-refractivity contribution in [1.82, 2.24) is 14.1 Å². The predicted molar refractivity (Wildman–Crippen MR) is 88.8 cm³/mol. The molecule has 1 aliphatic carbocycles. The fourth-order valence-corrected chi connectivity index (χ4v) is 6.17. The van der Waals surface area contributed by atoms with Gasteiger partial charge in [0.05, 0.1) is 18.0 Å². The van der Waals surface area contributed by atoms with E-state index in [2.05, 4.69) is 16.8 Å². The summed E-state index contributed by atoms with van der Waals surface area (Å²) in [5, 5.41) is -0.0857. The van der Waals surface area contributed by atoms with Gasteiger partial charge in [0.15, 0.2) is 0 Å². The lowest BCUT2D eigenvalue weighted by Crippen LogP contribution is -2.51. The molecule has 3 aliphatic heterocycles. The molecule has 6 nitrogen and oxygen atoms in total. The Hall–Kier alpha value is -0.210. The van der Waals surface area contributed by atoms with Crippen LogP contribution in [0.25, 0.3) is 0 Å². The minimum absolute atomic E-state index is 0.0857. The zero-order valence-corrected chi connectivity index (χ0v) is 14.9. The van der Waals surface area contributed by atoms with Gasteiger partial charge < -0.3 is 9.64 Å². The van der Waals surface area contributed by atoms with Crippen molar-refractivity contribution in [1.29, 1.82) is 0 Å². The number of piperidine rings is 1. The molecule has 23 heavy (non-hydrogen) atoms. The lowest BCUT2D eigenvalue weighted by atomic mass is 9.85. The van der Waals surface area contributed by atoms with Gasteiger partial charge >= 0.3 is 0 Å². The van der Waals surface area contributed by atoms with Crippen LogP contribution in [0.2, 0.25) is 0 Å². The van der Waals surface area contributed by atoms with Gasteiger partial charge in [0.25, 0.3) is 0 Å². The Morgan fingerprint density at radius 3 is 2.48 bits per heavy atom. The molecule has 0 aromatic carbocycles. The van der Waals surface area contributed by atoms with Gasteiger partial charge in [0, 0.05) is 51.7 Å². The van der Waals surface area contributed by atoms with Crippen LogP contribution in [0, 0.1) is 11.8 Å². The molecular weight excluding hydrogens is 314 g/mol. The largest absolute Gasteiger partial charge is 0.376 e. The first-order valence-corrected chi connectivity index (χ1v) is 10.6. The molecule has 3 heterocycles. The molecule has 0 unspecified atom stereocenters. The standard InChI is InChI=1S/C16H29N3O3S/c1-17-6-8-18(9-7-17)11-16-15-10-19(5-4-13(15)12-22-16)23(20,21)14-2-3-14/h13-16H,2-12H2,1H3/t13-,15-,16+/m0/s1. The van der Waals surface area contributed by atoms with E-state index in [1.54, 1.807) is 4.31 Å². The Kier molecular flexibility index (Phi) is 4.43. The first-order chi connectivity index (χ1) is 11.0. The second-order valence-electron chi connectivity index (χ2n) is 7.79. The molecule has 0 amide bonds. The number of ether oxygens (including phenoxy) is 1. The number of fused-ring (bicyclic) bond motifs is 1. The smallest absolute Gasteiger partial charge is 0.216 e. The topological polar surface area (TPSA) is 53.1 Å². The second-order valence-corrected chi connectivity index (χ2v) is 10.0. The monoisotopic (exact) mass is 343 g/mol. The van der Waals surface area contributed by atoms with Gasteiger partial charge in [-0.1, -0.05) is 0 Å². The van der Waals surface area contributed by atoms with Crippen molar-refractivity contribution >= 4 is 10.0 Å². The van der Waals surface area contributed by atoms with Crippen LogP contribution in [-0.4, -0.2) is 93.3 Å². The number of likely N-dealkylation sites (N-methyl/N-ethyl adjacent to an activating group) is 1. The summed E-state index contributed by atoms with van der Waals surface area (Å²) >= 11 is 0. The molecule has 4 aliphatic rings. The van der Waals surface area contributed by atoms with Crippen molar-refractivity contribution in [3.05, 3.63) is 0 Å². The minimum atomic E-state index is -3.03. The van der Waals surface area contributed by atoms with E-state index >= 15 is 0 Å². The van der Waals surface area contributed by atoms with E-state index in [4.69, 9.17) is 4.74 Å². The molecular formula is C16H29N3O3S. The predicted octanol–water partition coefficient (Wildman–Crippen LogP) is 0.0629. The van der Waals surface area contributed by atoms with Crippen molar-refractivity contribution in [2.45, 2.75) is 30.6 Å². The van der Waals surface area contributed by atoms with Crippen molar-refractivity contribution in [3.8, 4) is 0 Å². The van der Waals surface area contributed by atoms with Crippen LogP contribution in [0.3, 0.4) is 0 Å². The lowest BCUT2D eigenvalue weighted by Gasteiger charge is -2.38. The Morgan fingerprint density at radius 2 is 1.78 bits per heavy atom. The maximum absolute atomic E-state index is 12.5. The molecule has 3 atom stereocenters. The molecule has 7 heteroatoms. The van der Waals surface area contributed by atoms with E-state index in [0.717, 1.165) is 58.6 Å². The molecule has 4 fully saturated rings. The summed E-state index contributed by atoms with van der Waals surface area (Å²) in [6, 6.07) is 0. The average Bonchev–Trinajstić information content (AvgIpc) is 3.33. The maximum Gasteiger partial charge on any atom is 0.216 e. The molecule has 0 radical (unpaired) electrons. The van der Waals surface area contributed by atoms with E-state index in [9.17, 15) is 8.42 Å². The van der Waals surface area contributed by atoms with Crippen LogP contribution in [0.1, 0.15) is 19.3 Å². The van der Waals surface area contributed by atoms with Crippen LogP contribution in [0.4, 0.5) is 0 Å². The van der Waals surface area contributed by atoms with Gasteiger partial charge in [-0.15, -0.1) is 0 Å². The summed E-state index contributed by atoms with van der Waals surface area (Å²) in [6.45, 7) is 7.58. The fourth-order valence-electron chi connectivity index (χ4n) is 4.28. The van der Waals surface area contributed by atoms with Gasteiger partial charge in [-0.25, -0.2) is 12.7 Å². The van der Waals surface area contributed by atoms with Gasteiger partial charge in [0.1, 0.15) is 0 Å². The third kappa shape index (κ3) is 3.31. The van der Waals surface area contributed by atoms with E-state index < -0.39 is 10.0 Å². The van der Waals surface area contributed by atoms with Crippen LogP contribution >= 0.6 is 0 Å². The highest BCUT2D eigenvalue weighted by Gasteiger charge is 2.47. The summed E-state index contributed by atoms with van der Waals surface area (Å²) in [6.07, 6.45) is 2.89. The molecule has 132 valence electrons. The zero-order chi connectivity index (χ0) is 16.0. The van der Waals surface area contributed by atoms with Gasteiger partial charge in [0.2, 0.25) is 10.0 Å². The Labute approximate surface area is 139 Å².